The zero-order valence-electron chi connectivity index (χ0n) is 10.8. The van der Waals surface area contributed by atoms with Crippen molar-refractivity contribution in [1.82, 2.24) is 9.97 Å². The molecule has 8 heteroatoms. The van der Waals surface area contributed by atoms with Crippen LogP contribution in [0.5, 0.6) is 0 Å². The minimum absolute atomic E-state index is 0.0277. The van der Waals surface area contributed by atoms with E-state index in [4.69, 9.17) is 0 Å². The molecule has 3 aromatic rings. The van der Waals surface area contributed by atoms with Gasteiger partial charge >= 0.3 is 0 Å². The van der Waals surface area contributed by atoms with Crippen molar-refractivity contribution >= 4 is 33.2 Å². The SMILES string of the molecule is O=c1ccc(=O)c2c([nH]1)c1c(c3c(=O)ccc(=O)[nH]c32)N=N1. The lowest BCUT2D eigenvalue weighted by molar-refractivity contribution is 1.15. The maximum Gasteiger partial charge on any atom is 0.248 e. The van der Waals surface area contributed by atoms with Crippen molar-refractivity contribution in [2.75, 3.05) is 0 Å². The lowest BCUT2D eigenvalue weighted by atomic mass is 10.1. The van der Waals surface area contributed by atoms with Crippen LogP contribution >= 0.6 is 0 Å². The smallest absolute Gasteiger partial charge is 0.248 e. The summed E-state index contributed by atoms with van der Waals surface area (Å²) in [6, 6.07) is 4.35. The van der Waals surface area contributed by atoms with Gasteiger partial charge in [-0.1, -0.05) is 0 Å². The average molecular weight is 294 g/mol. The number of aromatic nitrogens is 2. The van der Waals surface area contributed by atoms with Gasteiger partial charge in [-0.25, -0.2) is 0 Å². The first-order valence-electron chi connectivity index (χ1n) is 6.29. The number of hydrogen-bond donors (Lipinski definition) is 2. The summed E-state index contributed by atoms with van der Waals surface area (Å²) in [6.07, 6.45) is 0. The number of nitrogens with zero attached hydrogens (tertiary/aromatic N) is 2. The Kier molecular flexibility index (Phi) is 2.27. The quantitative estimate of drug-likeness (QED) is 0.498. The number of benzene rings is 1. The van der Waals surface area contributed by atoms with Crippen molar-refractivity contribution < 1.29 is 0 Å². The van der Waals surface area contributed by atoms with Crippen LogP contribution < -0.4 is 22.0 Å². The first-order chi connectivity index (χ1) is 10.6. The number of azo groups is 1. The van der Waals surface area contributed by atoms with Crippen LogP contribution in [0.25, 0.3) is 21.8 Å². The Morgan fingerprint density at radius 2 is 1.18 bits per heavy atom. The molecule has 106 valence electrons. The third-order valence-electron chi connectivity index (χ3n) is 3.46. The van der Waals surface area contributed by atoms with Crippen molar-refractivity contribution in [3.63, 3.8) is 0 Å². The van der Waals surface area contributed by atoms with Crippen LogP contribution in [-0.4, -0.2) is 9.97 Å². The van der Waals surface area contributed by atoms with Crippen molar-refractivity contribution in [2.24, 2.45) is 10.2 Å². The Morgan fingerprint density at radius 1 is 0.636 bits per heavy atom. The van der Waals surface area contributed by atoms with Gasteiger partial charge in [0.25, 0.3) is 0 Å². The second kappa shape index (κ2) is 4.04. The first kappa shape index (κ1) is 12.3. The molecular weight excluding hydrogens is 288 g/mol. The molecule has 4 rings (SSSR count). The number of H-pyrrole nitrogens is 2. The van der Waals surface area contributed by atoms with Gasteiger partial charge in [-0.3, -0.25) is 19.2 Å². The normalized spacial score (nSPS) is 12.2. The Balaban J connectivity index is 2.55. The van der Waals surface area contributed by atoms with Crippen molar-refractivity contribution in [3.05, 3.63) is 65.4 Å². The second-order valence-corrected chi connectivity index (χ2v) is 4.77. The molecule has 1 aliphatic heterocycles. The second-order valence-electron chi connectivity index (χ2n) is 4.77. The molecule has 0 fully saturated rings. The van der Waals surface area contributed by atoms with E-state index >= 15 is 0 Å². The van der Waals surface area contributed by atoms with Crippen molar-refractivity contribution in [2.45, 2.75) is 0 Å². The number of rotatable bonds is 0. The van der Waals surface area contributed by atoms with Crippen LogP contribution in [0.1, 0.15) is 0 Å². The predicted octanol–water partition coefficient (Wildman–Crippen LogP) is 0.819. The van der Waals surface area contributed by atoms with Crippen molar-refractivity contribution in [1.29, 1.82) is 0 Å². The van der Waals surface area contributed by atoms with Crippen LogP contribution in [0.4, 0.5) is 11.4 Å². The highest BCUT2D eigenvalue weighted by Crippen LogP contribution is 2.45. The molecule has 22 heavy (non-hydrogen) atoms. The summed E-state index contributed by atoms with van der Waals surface area (Å²) < 4.78 is 0. The molecule has 0 unspecified atom stereocenters. The maximum atomic E-state index is 12.3. The van der Waals surface area contributed by atoms with Gasteiger partial charge in [0.15, 0.2) is 10.9 Å². The average Bonchev–Trinajstić information content (AvgIpc) is 2.66. The van der Waals surface area contributed by atoms with E-state index in [-0.39, 0.29) is 33.2 Å². The van der Waals surface area contributed by atoms with Crippen LogP contribution in [0, 0.1) is 0 Å². The fourth-order valence-corrected chi connectivity index (χ4v) is 2.51. The van der Waals surface area contributed by atoms with Gasteiger partial charge < -0.3 is 9.97 Å². The molecule has 0 saturated carbocycles. The molecule has 0 amide bonds. The third-order valence-corrected chi connectivity index (χ3v) is 3.46. The zero-order valence-corrected chi connectivity index (χ0v) is 10.8. The van der Waals surface area contributed by atoms with Gasteiger partial charge in [0.1, 0.15) is 11.4 Å². The maximum absolute atomic E-state index is 12.3. The standard InChI is InChI=1S/C14H6N4O4/c19-5-1-4-8(22)16-12-9(5)11-10(13-14(12)18-17-13)6(20)2-3-7(21)15-11/h1-4H,(H,15,21)(H,16,22). The predicted molar refractivity (Wildman–Crippen MR) is 79.4 cm³/mol. The fraction of sp³-hybridized carbons (Fsp3) is 0. The van der Waals surface area contributed by atoms with Crippen LogP contribution in [0.15, 0.2) is 53.7 Å². The Labute approximate surface area is 119 Å². The van der Waals surface area contributed by atoms with Gasteiger partial charge in [0, 0.05) is 12.1 Å². The molecule has 0 bridgehead atoms. The van der Waals surface area contributed by atoms with E-state index in [0.29, 0.717) is 0 Å². The zero-order chi connectivity index (χ0) is 15.4. The van der Waals surface area contributed by atoms with E-state index in [1.54, 1.807) is 0 Å². The number of aromatic amines is 2. The van der Waals surface area contributed by atoms with Crippen molar-refractivity contribution in [3.8, 4) is 0 Å². The summed E-state index contributed by atoms with van der Waals surface area (Å²) in [5.41, 5.74) is -1.30. The topological polar surface area (TPSA) is 125 Å². The first-order valence-corrected chi connectivity index (χ1v) is 6.29. The van der Waals surface area contributed by atoms with Crippen LogP contribution in [-0.2, 0) is 0 Å². The summed E-state index contributed by atoms with van der Waals surface area (Å²) in [6.45, 7) is 0. The van der Waals surface area contributed by atoms with E-state index in [2.05, 4.69) is 20.2 Å². The van der Waals surface area contributed by atoms with E-state index in [1.165, 1.54) is 0 Å². The molecule has 2 aromatic heterocycles. The van der Waals surface area contributed by atoms with Gasteiger partial charge in [-0.05, 0) is 12.1 Å². The molecule has 8 nitrogen and oxygen atoms in total. The van der Waals surface area contributed by atoms with E-state index < -0.39 is 22.0 Å². The summed E-state index contributed by atoms with van der Waals surface area (Å²) in [4.78, 5) is 52.9. The molecule has 2 N–H and O–H groups in total. The lowest BCUT2D eigenvalue weighted by Gasteiger charge is -2.11. The van der Waals surface area contributed by atoms with Gasteiger partial charge in [0.2, 0.25) is 11.1 Å². The minimum atomic E-state index is -0.544. The summed E-state index contributed by atoms with van der Waals surface area (Å²) in [7, 11) is 0. The third kappa shape index (κ3) is 1.51. The number of fused-ring (bicyclic) bond motifs is 6. The summed E-state index contributed by atoms with van der Waals surface area (Å²) in [5, 5.41) is 7.71. The highest BCUT2D eigenvalue weighted by atomic mass is 16.1. The highest BCUT2D eigenvalue weighted by molar-refractivity contribution is 6.16. The minimum Gasteiger partial charge on any atom is -0.321 e. The Hall–Kier alpha value is -3.42. The van der Waals surface area contributed by atoms with Crippen LogP contribution in [0.2, 0.25) is 0 Å². The molecule has 0 atom stereocenters. The van der Waals surface area contributed by atoms with E-state index in [0.717, 1.165) is 24.3 Å². The Bertz CT molecular complexity index is 1250. The molecule has 0 radical (unpaired) electrons. The number of hydrogen-bond acceptors (Lipinski definition) is 6. The van der Waals surface area contributed by atoms with Crippen LogP contribution in [0.3, 0.4) is 0 Å². The number of nitrogens with one attached hydrogen (secondary N) is 2. The molecule has 0 aliphatic carbocycles. The highest BCUT2D eigenvalue weighted by Gasteiger charge is 2.23. The fourth-order valence-electron chi connectivity index (χ4n) is 2.51. The Morgan fingerprint density at radius 3 is 1.77 bits per heavy atom. The molecule has 0 spiro atoms. The molecule has 0 saturated heterocycles. The largest absolute Gasteiger partial charge is 0.321 e. The van der Waals surface area contributed by atoms with Gasteiger partial charge in [0.05, 0.1) is 21.8 Å². The molecular formula is C14H6N4O4. The summed E-state index contributed by atoms with van der Waals surface area (Å²) >= 11 is 0. The summed E-state index contributed by atoms with van der Waals surface area (Å²) in [5.74, 6) is 0. The molecule has 3 heterocycles. The van der Waals surface area contributed by atoms with Gasteiger partial charge in [-0.2, -0.15) is 0 Å². The van der Waals surface area contributed by atoms with E-state index in [1.807, 2.05) is 0 Å². The molecule has 1 aromatic carbocycles. The van der Waals surface area contributed by atoms with Gasteiger partial charge in [-0.15, -0.1) is 10.2 Å². The molecule has 1 aliphatic rings. The van der Waals surface area contributed by atoms with E-state index in [9.17, 15) is 19.2 Å². The lowest BCUT2D eigenvalue weighted by Crippen LogP contribution is -2.05. The monoisotopic (exact) mass is 294 g/mol.